The lowest BCUT2D eigenvalue weighted by Gasteiger charge is -2.39. The summed E-state index contributed by atoms with van der Waals surface area (Å²) in [7, 11) is 0. The first kappa shape index (κ1) is 23.3. The molecule has 5 rings (SSSR count). The van der Waals surface area contributed by atoms with Gasteiger partial charge < -0.3 is 19.9 Å². The zero-order chi connectivity index (χ0) is 25.0. The number of rotatable bonds is 9. The van der Waals surface area contributed by atoms with E-state index < -0.39 is 11.9 Å². The van der Waals surface area contributed by atoms with Gasteiger partial charge in [0.05, 0.1) is 12.4 Å². The number of amides is 1. The first-order valence-corrected chi connectivity index (χ1v) is 11.9. The number of para-hydroxylation sites is 1. The van der Waals surface area contributed by atoms with Crippen molar-refractivity contribution in [3.05, 3.63) is 90.4 Å². The third-order valence-corrected chi connectivity index (χ3v) is 6.20. The molecule has 0 radical (unpaired) electrons. The highest BCUT2D eigenvalue weighted by molar-refractivity contribution is 5.65. The number of carbonyl (C=O) groups excluding carboxylic acids is 1. The van der Waals surface area contributed by atoms with Gasteiger partial charge in [0.25, 0.3) is 5.79 Å². The fourth-order valence-electron chi connectivity index (χ4n) is 4.23. The molecule has 0 saturated heterocycles. The molecule has 0 bridgehead atoms. The van der Waals surface area contributed by atoms with E-state index in [-0.39, 0.29) is 5.92 Å². The molecule has 36 heavy (non-hydrogen) atoms. The summed E-state index contributed by atoms with van der Waals surface area (Å²) in [6.45, 7) is 2.16. The Hall–Kier alpha value is -4.40. The van der Waals surface area contributed by atoms with Crippen LogP contribution >= 0.6 is 0 Å². The number of carbonyl (C=O) groups is 1. The number of pyridine rings is 1. The highest BCUT2D eigenvalue weighted by Gasteiger charge is 2.43. The van der Waals surface area contributed by atoms with Crippen molar-refractivity contribution in [2.24, 2.45) is 5.73 Å². The molecule has 2 aromatic heterocycles. The third kappa shape index (κ3) is 5.30. The number of ether oxygens (including phenoxy) is 3. The first-order chi connectivity index (χ1) is 17.5. The van der Waals surface area contributed by atoms with Crippen molar-refractivity contribution in [2.75, 3.05) is 0 Å². The summed E-state index contributed by atoms with van der Waals surface area (Å²) in [5, 5.41) is 8.25. The van der Waals surface area contributed by atoms with Crippen LogP contribution < -0.4 is 15.2 Å². The molecule has 1 aliphatic carbocycles. The quantitative estimate of drug-likeness (QED) is 0.326. The molecule has 9 heteroatoms. The minimum Gasteiger partial charge on any atom is -0.457 e. The number of benzene rings is 2. The van der Waals surface area contributed by atoms with E-state index in [1.165, 1.54) is 4.80 Å². The van der Waals surface area contributed by atoms with Crippen molar-refractivity contribution in [1.82, 2.24) is 20.0 Å². The van der Waals surface area contributed by atoms with Crippen LogP contribution in [0.4, 0.5) is 4.79 Å². The summed E-state index contributed by atoms with van der Waals surface area (Å²) < 4.78 is 17.6. The highest BCUT2D eigenvalue weighted by atomic mass is 16.7. The Balaban J connectivity index is 1.31. The van der Waals surface area contributed by atoms with Crippen LogP contribution in [0.5, 0.6) is 17.2 Å². The number of hydrogen-bond donors (Lipinski definition) is 1. The summed E-state index contributed by atoms with van der Waals surface area (Å²) in [5.41, 5.74) is 7.42. The number of aromatic nitrogens is 4. The topological polar surface area (TPSA) is 114 Å². The van der Waals surface area contributed by atoms with E-state index in [1.807, 2.05) is 36.4 Å². The summed E-state index contributed by atoms with van der Waals surface area (Å²) in [4.78, 5) is 17.1. The summed E-state index contributed by atoms with van der Waals surface area (Å²) in [6, 6.07) is 19.4. The molecule has 1 unspecified atom stereocenters. The van der Waals surface area contributed by atoms with E-state index in [2.05, 4.69) is 34.2 Å². The first-order valence-electron chi connectivity index (χ1n) is 11.9. The van der Waals surface area contributed by atoms with Gasteiger partial charge in [-0.1, -0.05) is 37.3 Å². The van der Waals surface area contributed by atoms with Gasteiger partial charge in [-0.05, 0) is 54.2 Å². The van der Waals surface area contributed by atoms with E-state index in [4.69, 9.17) is 19.9 Å². The molecule has 2 heterocycles. The van der Waals surface area contributed by atoms with Crippen molar-refractivity contribution in [3.8, 4) is 23.1 Å². The van der Waals surface area contributed by atoms with Crippen LogP contribution in [0, 0.1) is 0 Å². The molecule has 184 valence electrons. The Labute approximate surface area is 208 Å². The molecule has 2 N–H and O–H groups in total. The predicted octanol–water partition coefficient (Wildman–Crippen LogP) is 5.16. The monoisotopic (exact) mass is 485 g/mol. The van der Waals surface area contributed by atoms with Crippen LogP contribution in [0.15, 0.2) is 79.3 Å². The maximum atomic E-state index is 11.3. The molecule has 0 aliphatic heterocycles. The average Bonchev–Trinajstić information content (AvgIpc) is 3.39. The Morgan fingerprint density at radius 2 is 1.83 bits per heavy atom. The van der Waals surface area contributed by atoms with Gasteiger partial charge in [0.2, 0.25) is 0 Å². The Morgan fingerprint density at radius 3 is 2.58 bits per heavy atom. The Bertz CT molecular complexity index is 1340. The number of hydrogen-bond acceptors (Lipinski definition) is 7. The lowest BCUT2D eigenvalue weighted by Crippen LogP contribution is -2.48. The highest BCUT2D eigenvalue weighted by Crippen LogP contribution is 2.38. The van der Waals surface area contributed by atoms with Crippen LogP contribution in [-0.4, -0.2) is 31.9 Å². The van der Waals surface area contributed by atoms with E-state index >= 15 is 0 Å². The standard InChI is InChI=1S/C27H27N5O4/c1-19(20-7-4-8-23(17-20)35-27(11-5-12-27)36-26(28)33)16-21-6-2-3-9-24(21)34-22-10-13-29-25(18-22)32-30-14-15-31-32/h2-4,6-10,13-15,17-19H,5,11-12,16H2,1H3,(H2,28,33). The molecule has 1 amide bonds. The van der Waals surface area contributed by atoms with Crippen molar-refractivity contribution in [1.29, 1.82) is 0 Å². The van der Waals surface area contributed by atoms with Gasteiger partial charge in [-0.15, -0.1) is 4.80 Å². The SMILES string of the molecule is CC(Cc1ccccc1Oc1ccnc(-n2nccn2)c1)c1cccc(OC2(OC(N)=O)CCC2)c1. The zero-order valence-corrected chi connectivity index (χ0v) is 19.9. The molecule has 9 nitrogen and oxygen atoms in total. The second-order valence-corrected chi connectivity index (χ2v) is 8.84. The van der Waals surface area contributed by atoms with Gasteiger partial charge in [0.1, 0.15) is 17.2 Å². The van der Waals surface area contributed by atoms with Crippen LogP contribution in [-0.2, 0) is 11.2 Å². The second-order valence-electron chi connectivity index (χ2n) is 8.84. The normalized spacial score (nSPS) is 14.9. The van der Waals surface area contributed by atoms with Crippen LogP contribution in [0.1, 0.15) is 43.2 Å². The molecular formula is C27H27N5O4. The zero-order valence-electron chi connectivity index (χ0n) is 19.9. The minimum atomic E-state index is -0.955. The molecule has 1 atom stereocenters. The van der Waals surface area contributed by atoms with Crippen molar-refractivity contribution < 1.29 is 19.0 Å². The Kier molecular flexibility index (Phi) is 6.53. The minimum absolute atomic E-state index is 0.175. The largest absolute Gasteiger partial charge is 0.457 e. The van der Waals surface area contributed by atoms with E-state index in [1.54, 1.807) is 30.7 Å². The van der Waals surface area contributed by atoms with Crippen molar-refractivity contribution in [2.45, 2.75) is 44.3 Å². The van der Waals surface area contributed by atoms with Gasteiger partial charge in [-0.3, -0.25) is 0 Å². The van der Waals surface area contributed by atoms with E-state index in [0.29, 0.717) is 30.2 Å². The van der Waals surface area contributed by atoms with Crippen LogP contribution in [0.2, 0.25) is 0 Å². The van der Waals surface area contributed by atoms with Crippen LogP contribution in [0.3, 0.4) is 0 Å². The average molecular weight is 486 g/mol. The van der Waals surface area contributed by atoms with Gasteiger partial charge in [0, 0.05) is 25.1 Å². The predicted molar refractivity (Wildman–Crippen MR) is 132 cm³/mol. The van der Waals surface area contributed by atoms with Gasteiger partial charge >= 0.3 is 6.09 Å². The maximum Gasteiger partial charge on any atom is 0.407 e. The fourth-order valence-corrected chi connectivity index (χ4v) is 4.23. The lowest BCUT2D eigenvalue weighted by molar-refractivity contribution is -0.187. The summed E-state index contributed by atoms with van der Waals surface area (Å²) >= 11 is 0. The number of nitrogens with zero attached hydrogens (tertiary/aromatic N) is 4. The van der Waals surface area contributed by atoms with E-state index in [0.717, 1.165) is 29.7 Å². The molecular weight excluding hydrogens is 458 g/mol. The molecule has 1 aliphatic rings. The van der Waals surface area contributed by atoms with Crippen molar-refractivity contribution in [3.63, 3.8) is 0 Å². The fraction of sp³-hybridized carbons (Fsp3) is 0.259. The van der Waals surface area contributed by atoms with Gasteiger partial charge in [-0.25, -0.2) is 9.78 Å². The summed E-state index contributed by atoms with van der Waals surface area (Å²) in [6.07, 6.45) is 6.99. The molecule has 1 fully saturated rings. The molecule has 4 aromatic rings. The smallest absolute Gasteiger partial charge is 0.407 e. The second kappa shape index (κ2) is 10.1. The van der Waals surface area contributed by atoms with Crippen molar-refractivity contribution >= 4 is 6.09 Å². The lowest BCUT2D eigenvalue weighted by atomic mass is 9.90. The van der Waals surface area contributed by atoms with Gasteiger partial charge in [-0.2, -0.15) is 10.2 Å². The molecule has 2 aromatic carbocycles. The van der Waals surface area contributed by atoms with E-state index in [9.17, 15) is 4.79 Å². The Morgan fingerprint density at radius 1 is 1.03 bits per heavy atom. The third-order valence-electron chi connectivity index (χ3n) is 6.20. The van der Waals surface area contributed by atoms with Crippen LogP contribution in [0.25, 0.3) is 5.82 Å². The molecule has 1 saturated carbocycles. The number of nitrogens with two attached hydrogens (primary N) is 1. The van der Waals surface area contributed by atoms with Gasteiger partial charge in [0.15, 0.2) is 5.82 Å². The summed E-state index contributed by atoms with van der Waals surface area (Å²) in [5.74, 6) is 1.86. The number of primary amides is 1. The molecule has 0 spiro atoms. The maximum absolute atomic E-state index is 11.3.